The van der Waals surface area contributed by atoms with E-state index in [4.69, 9.17) is 9.47 Å². The van der Waals surface area contributed by atoms with Crippen LogP contribution in [-0.4, -0.2) is 22.0 Å². The van der Waals surface area contributed by atoms with Crippen molar-refractivity contribution in [1.82, 2.24) is 15.2 Å². The average molecular weight is 364 g/mol. The number of benzene rings is 2. The summed E-state index contributed by atoms with van der Waals surface area (Å²) in [6.07, 6.45) is 0. The summed E-state index contributed by atoms with van der Waals surface area (Å²) < 4.78 is 10.6. The molecule has 0 fully saturated rings. The van der Waals surface area contributed by atoms with Gasteiger partial charge in [-0.25, -0.2) is 0 Å². The minimum Gasteiger partial charge on any atom is -0.454 e. The van der Waals surface area contributed by atoms with Crippen molar-refractivity contribution in [2.75, 3.05) is 12.1 Å². The topological polar surface area (TPSA) is 89.1 Å². The first kappa shape index (κ1) is 17.1. The average Bonchev–Trinajstić information content (AvgIpc) is 3.09. The van der Waals surface area contributed by atoms with Crippen LogP contribution in [0.4, 0.5) is 11.6 Å². The fourth-order valence-electron chi connectivity index (χ4n) is 2.82. The molecule has 2 heterocycles. The molecule has 3 aromatic rings. The Morgan fingerprint density at radius 3 is 2.44 bits per heavy atom. The van der Waals surface area contributed by atoms with Crippen LogP contribution in [0, 0.1) is 0 Å². The summed E-state index contributed by atoms with van der Waals surface area (Å²) in [5.74, 6) is 1.59. The number of rotatable bonds is 3. The van der Waals surface area contributed by atoms with Gasteiger partial charge in [-0.05, 0) is 23.1 Å². The molecule has 0 saturated carbocycles. The smallest absolute Gasteiger partial charge is 0.279 e. The van der Waals surface area contributed by atoms with Gasteiger partial charge in [-0.2, -0.15) is 0 Å². The Kier molecular flexibility index (Phi) is 4.07. The summed E-state index contributed by atoms with van der Waals surface area (Å²) in [6.45, 7) is 6.64. The summed E-state index contributed by atoms with van der Waals surface area (Å²) in [7, 11) is 0. The lowest BCUT2D eigenvalue weighted by atomic mass is 9.86. The third kappa shape index (κ3) is 3.48. The first-order valence-electron chi connectivity index (χ1n) is 8.65. The molecule has 0 radical (unpaired) electrons. The van der Waals surface area contributed by atoms with Crippen LogP contribution in [0.2, 0.25) is 0 Å². The van der Waals surface area contributed by atoms with Gasteiger partial charge in [0.25, 0.3) is 5.56 Å². The molecular formula is C20H20N4O3. The lowest BCUT2D eigenvalue weighted by Gasteiger charge is -2.18. The maximum atomic E-state index is 12.5. The van der Waals surface area contributed by atoms with Crippen molar-refractivity contribution in [3.05, 3.63) is 58.4 Å². The number of H-pyrrole nitrogens is 1. The van der Waals surface area contributed by atoms with Gasteiger partial charge in [0.15, 0.2) is 17.2 Å². The largest absolute Gasteiger partial charge is 0.454 e. The first-order valence-corrected chi connectivity index (χ1v) is 8.65. The summed E-state index contributed by atoms with van der Waals surface area (Å²) in [6, 6.07) is 13.2. The molecule has 1 aromatic heterocycles. The monoisotopic (exact) mass is 364 g/mol. The second-order valence-corrected chi connectivity index (χ2v) is 7.37. The van der Waals surface area contributed by atoms with Gasteiger partial charge >= 0.3 is 0 Å². The number of anilines is 2. The summed E-state index contributed by atoms with van der Waals surface area (Å²) in [4.78, 5) is 15.2. The van der Waals surface area contributed by atoms with E-state index in [0.29, 0.717) is 17.2 Å². The van der Waals surface area contributed by atoms with Crippen molar-refractivity contribution in [2.45, 2.75) is 26.2 Å². The Hall–Kier alpha value is -3.35. The van der Waals surface area contributed by atoms with Gasteiger partial charge in [0, 0.05) is 17.3 Å². The summed E-state index contributed by atoms with van der Waals surface area (Å²) in [5, 5.41) is 11.2. The van der Waals surface area contributed by atoms with E-state index >= 15 is 0 Å². The number of ether oxygens (including phenoxy) is 2. The molecule has 0 amide bonds. The molecule has 0 saturated heterocycles. The Bertz CT molecular complexity index is 1040. The Balaban J connectivity index is 1.57. The third-order valence-corrected chi connectivity index (χ3v) is 4.36. The molecule has 2 N–H and O–H groups in total. The number of nitrogens with one attached hydrogen (secondary N) is 2. The van der Waals surface area contributed by atoms with Crippen molar-refractivity contribution in [3.8, 4) is 22.8 Å². The highest BCUT2D eigenvalue weighted by Gasteiger charge is 2.16. The van der Waals surface area contributed by atoms with E-state index in [1.54, 1.807) is 12.1 Å². The number of aromatic nitrogens is 3. The highest BCUT2D eigenvalue weighted by atomic mass is 16.7. The molecule has 0 atom stereocenters. The van der Waals surface area contributed by atoms with E-state index in [0.717, 1.165) is 5.56 Å². The van der Waals surface area contributed by atoms with Crippen molar-refractivity contribution in [3.63, 3.8) is 0 Å². The van der Waals surface area contributed by atoms with Crippen LogP contribution in [0.5, 0.6) is 11.5 Å². The zero-order chi connectivity index (χ0) is 19.0. The summed E-state index contributed by atoms with van der Waals surface area (Å²) in [5.41, 5.74) is 2.66. The predicted molar refractivity (Wildman–Crippen MR) is 103 cm³/mol. The minimum absolute atomic E-state index is 0.0506. The molecule has 0 spiro atoms. The Morgan fingerprint density at radius 2 is 1.74 bits per heavy atom. The van der Waals surface area contributed by atoms with Gasteiger partial charge in [0.05, 0.1) is 0 Å². The van der Waals surface area contributed by atoms with Crippen LogP contribution in [0.1, 0.15) is 26.3 Å². The van der Waals surface area contributed by atoms with E-state index in [1.165, 1.54) is 5.56 Å². The fourth-order valence-corrected chi connectivity index (χ4v) is 2.82. The van der Waals surface area contributed by atoms with E-state index in [1.807, 2.05) is 30.3 Å². The maximum Gasteiger partial charge on any atom is 0.279 e. The van der Waals surface area contributed by atoms with Gasteiger partial charge in [-0.1, -0.05) is 45.0 Å². The number of aromatic amines is 1. The number of hydrogen-bond donors (Lipinski definition) is 2. The molecule has 7 heteroatoms. The number of nitrogens with zero attached hydrogens (tertiary/aromatic N) is 2. The van der Waals surface area contributed by atoms with E-state index in [9.17, 15) is 4.79 Å². The summed E-state index contributed by atoms with van der Waals surface area (Å²) >= 11 is 0. The SMILES string of the molecule is CC(C)(C)c1ccc(-c2nnc(Nc3ccc4c(c3)OCO4)[nH]c2=O)cc1. The highest BCUT2D eigenvalue weighted by molar-refractivity contribution is 5.62. The molecule has 138 valence electrons. The molecule has 7 nitrogen and oxygen atoms in total. The predicted octanol–water partition coefficient (Wildman–Crippen LogP) is 3.60. The van der Waals surface area contributed by atoms with E-state index < -0.39 is 0 Å². The zero-order valence-corrected chi connectivity index (χ0v) is 15.4. The molecule has 0 aliphatic carbocycles. The van der Waals surface area contributed by atoms with E-state index in [2.05, 4.69) is 41.3 Å². The van der Waals surface area contributed by atoms with Crippen molar-refractivity contribution >= 4 is 11.6 Å². The van der Waals surface area contributed by atoms with Crippen molar-refractivity contribution in [2.24, 2.45) is 0 Å². The normalized spacial score (nSPS) is 12.9. The Morgan fingerprint density at radius 1 is 1.00 bits per heavy atom. The first-order chi connectivity index (χ1) is 12.9. The van der Waals surface area contributed by atoms with Gasteiger partial charge < -0.3 is 14.8 Å². The van der Waals surface area contributed by atoms with E-state index in [-0.39, 0.29) is 29.4 Å². The van der Waals surface area contributed by atoms with Crippen LogP contribution < -0.4 is 20.3 Å². The molecule has 2 aromatic carbocycles. The molecule has 27 heavy (non-hydrogen) atoms. The molecule has 0 unspecified atom stereocenters. The number of hydrogen-bond acceptors (Lipinski definition) is 6. The van der Waals surface area contributed by atoms with Crippen molar-refractivity contribution < 1.29 is 9.47 Å². The molecule has 0 bridgehead atoms. The van der Waals surface area contributed by atoms with Crippen molar-refractivity contribution in [1.29, 1.82) is 0 Å². The second kappa shape index (κ2) is 6.42. The quantitative estimate of drug-likeness (QED) is 0.738. The third-order valence-electron chi connectivity index (χ3n) is 4.36. The number of fused-ring (bicyclic) bond motifs is 1. The molecule has 1 aliphatic heterocycles. The lowest BCUT2D eigenvalue weighted by Crippen LogP contribution is -2.16. The van der Waals surface area contributed by atoms with Gasteiger partial charge in [0.2, 0.25) is 12.7 Å². The molecule has 1 aliphatic rings. The highest BCUT2D eigenvalue weighted by Crippen LogP contribution is 2.34. The van der Waals surface area contributed by atoms with Gasteiger partial charge in [0.1, 0.15) is 0 Å². The zero-order valence-electron chi connectivity index (χ0n) is 15.4. The van der Waals surface area contributed by atoms with Gasteiger partial charge in [-0.3, -0.25) is 9.78 Å². The molecular weight excluding hydrogens is 344 g/mol. The van der Waals surface area contributed by atoms with Gasteiger partial charge in [-0.15, -0.1) is 10.2 Å². The van der Waals surface area contributed by atoms with Crippen LogP contribution >= 0.6 is 0 Å². The van der Waals surface area contributed by atoms with Crippen LogP contribution in [-0.2, 0) is 5.41 Å². The van der Waals surface area contributed by atoms with Crippen LogP contribution in [0.25, 0.3) is 11.3 Å². The molecule has 4 rings (SSSR count). The van der Waals surface area contributed by atoms with Crippen LogP contribution in [0.3, 0.4) is 0 Å². The second-order valence-electron chi connectivity index (χ2n) is 7.37. The lowest BCUT2D eigenvalue weighted by molar-refractivity contribution is 0.174. The van der Waals surface area contributed by atoms with Crippen LogP contribution in [0.15, 0.2) is 47.3 Å². The minimum atomic E-state index is -0.309. The Labute approximate surface area is 156 Å². The fraction of sp³-hybridized carbons (Fsp3) is 0.250. The maximum absolute atomic E-state index is 12.5. The standard InChI is InChI=1S/C20H20N4O3/c1-20(2,3)13-6-4-12(5-7-13)17-18(25)22-19(24-23-17)21-14-8-9-15-16(10-14)27-11-26-15/h4-10H,11H2,1-3H3,(H2,21,22,24,25).